The third-order valence-corrected chi connectivity index (χ3v) is 2.94. The first-order valence-electron chi connectivity index (χ1n) is 6.38. The highest BCUT2D eigenvalue weighted by molar-refractivity contribution is 6.32. The van der Waals surface area contributed by atoms with Gasteiger partial charge in [0.15, 0.2) is 11.5 Å². The van der Waals surface area contributed by atoms with Crippen molar-refractivity contribution in [1.29, 1.82) is 5.26 Å². The summed E-state index contributed by atoms with van der Waals surface area (Å²) in [7, 11) is 1.38. The van der Waals surface area contributed by atoms with E-state index in [9.17, 15) is 9.90 Å². The number of phenols is 1. The number of hydrogen-bond acceptors (Lipinski definition) is 5. The molecule has 0 aromatic heterocycles. The van der Waals surface area contributed by atoms with E-state index in [1.54, 1.807) is 6.07 Å². The number of esters is 1. The summed E-state index contributed by atoms with van der Waals surface area (Å²) >= 11 is 5.85. The highest BCUT2D eigenvalue weighted by Gasteiger charge is 2.13. The van der Waals surface area contributed by atoms with Crippen LogP contribution in [0, 0.1) is 11.3 Å². The third kappa shape index (κ3) is 4.69. The molecule has 0 unspecified atom stereocenters. The van der Waals surface area contributed by atoms with E-state index in [0.717, 1.165) is 12.8 Å². The van der Waals surface area contributed by atoms with Crippen LogP contribution in [0.25, 0.3) is 6.08 Å². The highest BCUT2D eigenvalue weighted by atomic mass is 35.5. The van der Waals surface area contributed by atoms with Gasteiger partial charge in [0, 0.05) is 0 Å². The first kappa shape index (κ1) is 16.9. The summed E-state index contributed by atoms with van der Waals surface area (Å²) in [5.74, 6) is -0.722. The Hall–Kier alpha value is -2.19. The summed E-state index contributed by atoms with van der Waals surface area (Å²) < 4.78 is 9.93. The average molecular weight is 310 g/mol. The summed E-state index contributed by atoms with van der Waals surface area (Å²) in [5, 5.41) is 18.7. The zero-order valence-corrected chi connectivity index (χ0v) is 12.6. The lowest BCUT2D eigenvalue weighted by atomic mass is 10.1. The maximum atomic E-state index is 11.7. The van der Waals surface area contributed by atoms with Gasteiger partial charge in [-0.05, 0) is 30.2 Å². The van der Waals surface area contributed by atoms with E-state index in [2.05, 4.69) is 0 Å². The molecule has 0 atom stereocenters. The lowest BCUT2D eigenvalue weighted by Crippen LogP contribution is -2.07. The number of carbonyl (C=O) groups excluding carboxylic acids is 1. The largest absolute Gasteiger partial charge is 0.503 e. The Labute approximate surface area is 128 Å². The smallest absolute Gasteiger partial charge is 0.348 e. The number of rotatable bonds is 6. The first-order chi connectivity index (χ1) is 10.0. The zero-order valence-electron chi connectivity index (χ0n) is 11.9. The van der Waals surface area contributed by atoms with E-state index in [-0.39, 0.29) is 28.7 Å². The molecule has 0 aliphatic rings. The third-order valence-electron chi connectivity index (χ3n) is 2.65. The van der Waals surface area contributed by atoms with E-state index in [0.29, 0.717) is 5.56 Å². The second kappa shape index (κ2) is 8.18. The maximum Gasteiger partial charge on any atom is 0.348 e. The van der Waals surface area contributed by atoms with E-state index in [4.69, 9.17) is 26.3 Å². The summed E-state index contributed by atoms with van der Waals surface area (Å²) in [5.41, 5.74) is 0.313. The van der Waals surface area contributed by atoms with Crippen LogP contribution in [-0.4, -0.2) is 24.8 Å². The highest BCUT2D eigenvalue weighted by Crippen LogP contribution is 2.35. The minimum Gasteiger partial charge on any atom is -0.503 e. The molecule has 0 spiro atoms. The van der Waals surface area contributed by atoms with Gasteiger partial charge in [-0.1, -0.05) is 24.9 Å². The van der Waals surface area contributed by atoms with Crippen LogP contribution in [0.15, 0.2) is 17.7 Å². The molecule has 112 valence electrons. The molecule has 0 heterocycles. The van der Waals surface area contributed by atoms with Crippen LogP contribution in [0.3, 0.4) is 0 Å². The minimum absolute atomic E-state index is 0.0669. The number of carbonyl (C=O) groups is 1. The van der Waals surface area contributed by atoms with Crippen LogP contribution in [-0.2, 0) is 9.53 Å². The van der Waals surface area contributed by atoms with Gasteiger partial charge in [-0.2, -0.15) is 5.26 Å². The number of methoxy groups -OCH3 is 1. The number of ether oxygens (including phenoxy) is 2. The summed E-state index contributed by atoms with van der Waals surface area (Å²) in [6.45, 7) is 2.24. The summed E-state index contributed by atoms with van der Waals surface area (Å²) in [6, 6.07) is 4.69. The molecule has 1 rings (SSSR count). The monoisotopic (exact) mass is 309 g/mol. The van der Waals surface area contributed by atoms with Gasteiger partial charge in [0.25, 0.3) is 0 Å². The lowest BCUT2D eigenvalue weighted by Gasteiger charge is -2.07. The van der Waals surface area contributed by atoms with Crippen LogP contribution in [0.4, 0.5) is 0 Å². The van der Waals surface area contributed by atoms with Crippen molar-refractivity contribution in [3.8, 4) is 17.6 Å². The van der Waals surface area contributed by atoms with Gasteiger partial charge in [0.2, 0.25) is 0 Å². The van der Waals surface area contributed by atoms with Gasteiger partial charge >= 0.3 is 5.97 Å². The molecule has 0 aliphatic heterocycles. The van der Waals surface area contributed by atoms with E-state index in [1.807, 2.05) is 6.92 Å². The number of unbranched alkanes of at least 4 members (excludes halogenated alkanes) is 1. The van der Waals surface area contributed by atoms with Crippen LogP contribution in [0.5, 0.6) is 11.5 Å². The van der Waals surface area contributed by atoms with Gasteiger partial charge in [-0.15, -0.1) is 0 Å². The molecule has 6 heteroatoms. The Morgan fingerprint density at radius 3 is 2.81 bits per heavy atom. The summed E-state index contributed by atoms with van der Waals surface area (Å²) in [6.07, 6.45) is 2.97. The Morgan fingerprint density at radius 2 is 2.24 bits per heavy atom. The fraction of sp³-hybridized carbons (Fsp3) is 0.333. The van der Waals surface area contributed by atoms with Crippen molar-refractivity contribution in [2.24, 2.45) is 0 Å². The molecule has 1 aromatic carbocycles. The quantitative estimate of drug-likeness (QED) is 0.377. The van der Waals surface area contributed by atoms with E-state index >= 15 is 0 Å². The lowest BCUT2D eigenvalue weighted by molar-refractivity contribution is -0.138. The molecule has 21 heavy (non-hydrogen) atoms. The summed E-state index contributed by atoms with van der Waals surface area (Å²) in [4.78, 5) is 11.7. The fourth-order valence-corrected chi connectivity index (χ4v) is 1.74. The van der Waals surface area contributed by atoms with Gasteiger partial charge in [0.05, 0.1) is 18.7 Å². The average Bonchev–Trinajstić information content (AvgIpc) is 2.48. The van der Waals surface area contributed by atoms with E-state index in [1.165, 1.54) is 25.3 Å². The predicted molar refractivity (Wildman–Crippen MR) is 79.1 cm³/mol. The van der Waals surface area contributed by atoms with Gasteiger partial charge in [0.1, 0.15) is 11.6 Å². The number of nitrogens with zero attached hydrogens (tertiary/aromatic N) is 1. The molecule has 0 saturated heterocycles. The number of phenolic OH excluding ortho intramolecular Hbond substituents is 1. The van der Waals surface area contributed by atoms with Gasteiger partial charge in [-0.3, -0.25) is 0 Å². The molecule has 5 nitrogen and oxygen atoms in total. The Balaban J connectivity index is 3.01. The Morgan fingerprint density at radius 1 is 1.52 bits per heavy atom. The first-order valence-corrected chi connectivity index (χ1v) is 6.76. The molecule has 1 N–H and O–H groups in total. The minimum atomic E-state index is -0.686. The molecule has 0 aliphatic carbocycles. The second-order valence-corrected chi connectivity index (χ2v) is 4.62. The van der Waals surface area contributed by atoms with Crippen LogP contribution >= 0.6 is 11.6 Å². The molecular weight excluding hydrogens is 294 g/mol. The Kier molecular flexibility index (Phi) is 6.57. The SMILES string of the molecule is CCCCOC(=O)/C(C#N)=C/c1cc(Cl)c(O)c(OC)c1. The molecule has 1 aromatic rings. The number of benzene rings is 1. The maximum absolute atomic E-state index is 11.7. The number of aromatic hydroxyl groups is 1. The predicted octanol–water partition coefficient (Wildman–Crippen LogP) is 3.30. The second-order valence-electron chi connectivity index (χ2n) is 4.21. The van der Waals surface area contributed by atoms with Crippen LogP contribution < -0.4 is 4.74 Å². The van der Waals surface area contributed by atoms with E-state index < -0.39 is 5.97 Å². The van der Waals surface area contributed by atoms with Crippen molar-refractivity contribution in [3.63, 3.8) is 0 Å². The van der Waals surface area contributed by atoms with Crippen molar-refractivity contribution in [2.45, 2.75) is 19.8 Å². The molecule has 0 bridgehead atoms. The number of nitriles is 1. The van der Waals surface area contributed by atoms with Crippen LogP contribution in [0.1, 0.15) is 25.3 Å². The van der Waals surface area contributed by atoms with Gasteiger partial charge < -0.3 is 14.6 Å². The molecule has 0 fully saturated rings. The van der Waals surface area contributed by atoms with Crippen molar-refractivity contribution >= 4 is 23.6 Å². The van der Waals surface area contributed by atoms with Crippen molar-refractivity contribution in [1.82, 2.24) is 0 Å². The topological polar surface area (TPSA) is 79.6 Å². The molecule has 0 amide bonds. The number of halogens is 1. The van der Waals surface area contributed by atoms with Gasteiger partial charge in [-0.25, -0.2) is 4.79 Å². The standard InChI is InChI=1S/C15H16ClNO4/c1-3-4-5-21-15(19)11(9-17)6-10-7-12(16)14(18)13(8-10)20-2/h6-8,18H,3-5H2,1-2H3/b11-6+. The number of hydrogen-bond donors (Lipinski definition) is 1. The molecular formula is C15H16ClNO4. The normalized spacial score (nSPS) is 10.9. The fourth-order valence-electron chi connectivity index (χ4n) is 1.52. The molecule has 0 saturated carbocycles. The Bertz CT molecular complexity index is 590. The zero-order chi connectivity index (χ0) is 15.8. The van der Waals surface area contributed by atoms with Crippen molar-refractivity contribution in [3.05, 3.63) is 28.3 Å². The van der Waals surface area contributed by atoms with Crippen molar-refractivity contribution in [2.75, 3.05) is 13.7 Å². The van der Waals surface area contributed by atoms with Crippen LogP contribution in [0.2, 0.25) is 5.02 Å². The van der Waals surface area contributed by atoms with Crippen molar-refractivity contribution < 1.29 is 19.4 Å². The molecule has 0 radical (unpaired) electrons.